The number of benzene rings is 1. The molecule has 1 atom stereocenters. The van der Waals surface area contributed by atoms with Crippen LogP contribution in [0.3, 0.4) is 0 Å². The fraction of sp³-hybridized carbons (Fsp3) is 0.438. The molecule has 1 unspecified atom stereocenters. The highest BCUT2D eigenvalue weighted by molar-refractivity contribution is 6.42. The zero-order valence-electron chi connectivity index (χ0n) is 12.7. The number of aromatic nitrogens is 2. The van der Waals surface area contributed by atoms with Crippen molar-refractivity contribution in [3.8, 4) is 0 Å². The smallest absolute Gasteiger partial charge is 0.0669 e. The summed E-state index contributed by atoms with van der Waals surface area (Å²) in [5, 5.41) is 9.30. The lowest BCUT2D eigenvalue weighted by Crippen LogP contribution is -2.23. The van der Waals surface area contributed by atoms with Gasteiger partial charge in [-0.2, -0.15) is 5.10 Å². The third kappa shape index (κ3) is 3.79. The van der Waals surface area contributed by atoms with Gasteiger partial charge < -0.3 is 5.32 Å². The fourth-order valence-corrected chi connectivity index (χ4v) is 2.98. The van der Waals surface area contributed by atoms with E-state index in [9.17, 15) is 0 Å². The fourth-order valence-electron chi connectivity index (χ4n) is 2.58. The molecular weight excluding hydrogens is 305 g/mol. The monoisotopic (exact) mass is 325 g/mol. The molecule has 0 amide bonds. The van der Waals surface area contributed by atoms with E-state index in [0.717, 1.165) is 30.6 Å². The number of halogens is 2. The molecule has 1 heterocycles. The standard InChI is InChI=1S/C16H21Cl2N3/c1-4-14-12(10-21(3)20-14)15(19-5-2)9-11-7-6-8-13(17)16(11)18/h6-8,10,15,19H,4-5,9H2,1-3H3. The second-order valence-corrected chi connectivity index (χ2v) is 5.87. The van der Waals surface area contributed by atoms with E-state index >= 15 is 0 Å². The average molecular weight is 326 g/mol. The minimum atomic E-state index is 0.189. The molecule has 1 aromatic carbocycles. The molecule has 0 aliphatic rings. The van der Waals surface area contributed by atoms with Crippen LogP contribution in [0.1, 0.15) is 36.7 Å². The van der Waals surface area contributed by atoms with E-state index in [1.807, 2.05) is 29.9 Å². The quantitative estimate of drug-likeness (QED) is 0.863. The van der Waals surface area contributed by atoms with Crippen molar-refractivity contribution in [2.24, 2.45) is 7.05 Å². The van der Waals surface area contributed by atoms with E-state index in [4.69, 9.17) is 23.2 Å². The average Bonchev–Trinajstić information content (AvgIpc) is 2.84. The van der Waals surface area contributed by atoms with Gasteiger partial charge in [0.15, 0.2) is 0 Å². The molecule has 2 rings (SSSR count). The summed E-state index contributed by atoms with van der Waals surface area (Å²) < 4.78 is 1.87. The highest BCUT2D eigenvalue weighted by Crippen LogP contribution is 2.30. The molecular formula is C16H21Cl2N3. The van der Waals surface area contributed by atoms with Crippen LogP contribution in [0.4, 0.5) is 0 Å². The first-order valence-corrected chi connectivity index (χ1v) is 8.01. The number of hydrogen-bond acceptors (Lipinski definition) is 2. The highest BCUT2D eigenvalue weighted by Gasteiger charge is 2.19. The minimum Gasteiger partial charge on any atom is -0.310 e. The van der Waals surface area contributed by atoms with Gasteiger partial charge in [0, 0.05) is 24.8 Å². The van der Waals surface area contributed by atoms with Crippen LogP contribution >= 0.6 is 23.2 Å². The van der Waals surface area contributed by atoms with Gasteiger partial charge in [0.2, 0.25) is 0 Å². The van der Waals surface area contributed by atoms with E-state index in [1.165, 1.54) is 5.56 Å². The van der Waals surface area contributed by atoms with Crippen LogP contribution in [0, 0.1) is 0 Å². The lowest BCUT2D eigenvalue weighted by Gasteiger charge is -2.19. The van der Waals surface area contributed by atoms with Crippen molar-refractivity contribution in [3.63, 3.8) is 0 Å². The molecule has 1 N–H and O–H groups in total. The number of rotatable bonds is 6. The summed E-state index contributed by atoms with van der Waals surface area (Å²) >= 11 is 12.4. The molecule has 0 saturated heterocycles. The molecule has 21 heavy (non-hydrogen) atoms. The summed E-state index contributed by atoms with van der Waals surface area (Å²) in [6.07, 6.45) is 3.80. The van der Waals surface area contributed by atoms with Gasteiger partial charge in [-0.25, -0.2) is 0 Å². The van der Waals surface area contributed by atoms with E-state index in [0.29, 0.717) is 10.0 Å². The predicted octanol–water partition coefficient (Wildman–Crippen LogP) is 4.18. The minimum absolute atomic E-state index is 0.189. The number of aryl methyl sites for hydroxylation is 2. The molecule has 5 heteroatoms. The molecule has 2 aromatic rings. The van der Waals surface area contributed by atoms with Crippen LogP contribution in [0.5, 0.6) is 0 Å². The van der Waals surface area contributed by atoms with E-state index < -0.39 is 0 Å². The Morgan fingerprint density at radius 2 is 2.05 bits per heavy atom. The lowest BCUT2D eigenvalue weighted by molar-refractivity contribution is 0.545. The Bertz CT molecular complexity index is 608. The van der Waals surface area contributed by atoms with Crippen LogP contribution in [0.2, 0.25) is 10.0 Å². The van der Waals surface area contributed by atoms with Gasteiger partial charge in [-0.05, 0) is 31.0 Å². The van der Waals surface area contributed by atoms with Crippen molar-refractivity contribution in [2.75, 3.05) is 6.54 Å². The molecule has 1 aromatic heterocycles. The predicted molar refractivity (Wildman–Crippen MR) is 89.2 cm³/mol. The maximum Gasteiger partial charge on any atom is 0.0669 e. The summed E-state index contributed by atoms with van der Waals surface area (Å²) in [7, 11) is 1.96. The van der Waals surface area contributed by atoms with Gasteiger partial charge in [0.05, 0.1) is 15.7 Å². The molecule has 0 saturated carbocycles. The van der Waals surface area contributed by atoms with Crippen molar-refractivity contribution >= 4 is 23.2 Å². The van der Waals surface area contributed by atoms with Gasteiger partial charge in [-0.15, -0.1) is 0 Å². The van der Waals surface area contributed by atoms with Crippen molar-refractivity contribution in [1.82, 2.24) is 15.1 Å². The van der Waals surface area contributed by atoms with Gasteiger partial charge in [0.25, 0.3) is 0 Å². The topological polar surface area (TPSA) is 29.9 Å². The summed E-state index contributed by atoms with van der Waals surface area (Å²) in [5.41, 5.74) is 3.42. The Morgan fingerprint density at radius 1 is 1.29 bits per heavy atom. The van der Waals surface area contributed by atoms with Crippen molar-refractivity contribution in [3.05, 3.63) is 51.3 Å². The largest absolute Gasteiger partial charge is 0.310 e. The van der Waals surface area contributed by atoms with E-state index in [2.05, 4.69) is 30.5 Å². The Hall–Kier alpha value is -1.03. The van der Waals surface area contributed by atoms with E-state index in [1.54, 1.807) is 0 Å². The first kappa shape index (κ1) is 16.3. The number of hydrogen-bond donors (Lipinski definition) is 1. The van der Waals surface area contributed by atoms with Crippen LogP contribution in [0.25, 0.3) is 0 Å². The Morgan fingerprint density at radius 3 is 2.71 bits per heavy atom. The Labute approximate surface area is 136 Å². The SMILES string of the molecule is CCNC(Cc1cccc(Cl)c1Cl)c1cn(C)nc1CC. The number of likely N-dealkylation sites (N-methyl/N-ethyl adjacent to an activating group) is 1. The zero-order chi connectivity index (χ0) is 15.4. The second-order valence-electron chi connectivity index (χ2n) is 5.09. The molecule has 0 bridgehead atoms. The Kier molecular flexibility index (Phi) is 5.68. The van der Waals surface area contributed by atoms with Gasteiger partial charge >= 0.3 is 0 Å². The number of nitrogens with zero attached hydrogens (tertiary/aromatic N) is 2. The van der Waals surface area contributed by atoms with Crippen LogP contribution in [-0.4, -0.2) is 16.3 Å². The maximum atomic E-state index is 6.32. The summed E-state index contributed by atoms with van der Waals surface area (Å²) in [5.74, 6) is 0. The lowest BCUT2D eigenvalue weighted by atomic mass is 9.98. The van der Waals surface area contributed by atoms with Gasteiger partial charge in [-0.1, -0.05) is 49.2 Å². The second kappa shape index (κ2) is 7.30. The Balaban J connectivity index is 2.32. The normalized spacial score (nSPS) is 12.6. The third-order valence-corrected chi connectivity index (χ3v) is 4.41. The van der Waals surface area contributed by atoms with Crippen molar-refractivity contribution in [2.45, 2.75) is 32.7 Å². The number of nitrogens with one attached hydrogen (secondary N) is 1. The van der Waals surface area contributed by atoms with Crippen LogP contribution < -0.4 is 5.32 Å². The first-order valence-electron chi connectivity index (χ1n) is 7.25. The van der Waals surface area contributed by atoms with Gasteiger partial charge in [0.1, 0.15) is 0 Å². The molecule has 3 nitrogen and oxygen atoms in total. The molecule has 0 aliphatic heterocycles. The molecule has 0 radical (unpaired) electrons. The van der Waals surface area contributed by atoms with Crippen LogP contribution in [-0.2, 0) is 19.9 Å². The molecule has 0 fully saturated rings. The van der Waals surface area contributed by atoms with E-state index in [-0.39, 0.29) is 6.04 Å². The third-order valence-electron chi connectivity index (χ3n) is 3.55. The molecule has 114 valence electrons. The van der Waals surface area contributed by atoms with Crippen LogP contribution in [0.15, 0.2) is 24.4 Å². The zero-order valence-corrected chi connectivity index (χ0v) is 14.2. The van der Waals surface area contributed by atoms with Crippen molar-refractivity contribution < 1.29 is 0 Å². The first-order chi connectivity index (χ1) is 10.1. The summed E-state index contributed by atoms with van der Waals surface area (Å²) in [6, 6.07) is 5.98. The molecule has 0 aliphatic carbocycles. The maximum absolute atomic E-state index is 6.32. The van der Waals surface area contributed by atoms with Crippen molar-refractivity contribution in [1.29, 1.82) is 0 Å². The summed E-state index contributed by atoms with van der Waals surface area (Å²) in [4.78, 5) is 0. The highest BCUT2D eigenvalue weighted by atomic mass is 35.5. The van der Waals surface area contributed by atoms with Gasteiger partial charge in [-0.3, -0.25) is 4.68 Å². The summed E-state index contributed by atoms with van der Waals surface area (Å²) in [6.45, 7) is 5.12. The molecule has 0 spiro atoms.